The Balaban J connectivity index is 1.70. The van der Waals surface area contributed by atoms with Crippen molar-refractivity contribution >= 4 is 17.3 Å². The minimum atomic E-state index is -0.366. The van der Waals surface area contributed by atoms with Crippen molar-refractivity contribution in [3.63, 3.8) is 0 Å². The molecule has 1 atom stereocenters. The number of rotatable bonds is 5. The molecule has 136 valence electrons. The highest BCUT2D eigenvalue weighted by Crippen LogP contribution is 2.37. The molecule has 2 aromatic carbocycles. The zero-order valence-electron chi connectivity index (χ0n) is 15.3. The van der Waals surface area contributed by atoms with E-state index in [0.29, 0.717) is 12.2 Å². The Morgan fingerprint density at radius 3 is 2.52 bits per heavy atom. The summed E-state index contributed by atoms with van der Waals surface area (Å²) in [6, 6.07) is 19.3. The number of aryl methyl sites for hydroxylation is 1. The van der Waals surface area contributed by atoms with Gasteiger partial charge in [0.2, 0.25) is 0 Å². The largest absolute Gasteiger partial charge is 0.494 e. The zero-order chi connectivity index (χ0) is 18.8. The monoisotopic (exact) mass is 359 g/mol. The topological polar surface area (TPSA) is 54.5 Å². The number of hydrogen-bond donors (Lipinski definition) is 1. The zero-order valence-corrected chi connectivity index (χ0v) is 15.3. The van der Waals surface area contributed by atoms with Gasteiger partial charge in [-0.25, -0.2) is 0 Å². The third-order valence-corrected chi connectivity index (χ3v) is 4.59. The summed E-state index contributed by atoms with van der Waals surface area (Å²) in [5.74, 6) is 0.768. The van der Waals surface area contributed by atoms with Gasteiger partial charge in [-0.15, -0.1) is 0 Å². The molecular weight excluding hydrogens is 338 g/mol. The van der Waals surface area contributed by atoms with Gasteiger partial charge in [0.15, 0.2) is 6.17 Å². The van der Waals surface area contributed by atoms with Crippen molar-refractivity contribution in [2.24, 2.45) is 0 Å². The molecule has 27 heavy (non-hydrogen) atoms. The van der Waals surface area contributed by atoms with E-state index in [-0.39, 0.29) is 12.1 Å². The Bertz CT molecular complexity index is 952. The van der Waals surface area contributed by atoms with E-state index >= 15 is 0 Å². The molecule has 0 aliphatic carbocycles. The number of pyridine rings is 1. The number of nitrogens with one attached hydrogen (secondary N) is 1. The molecule has 1 aromatic heterocycles. The van der Waals surface area contributed by atoms with Crippen LogP contribution in [0.2, 0.25) is 0 Å². The highest BCUT2D eigenvalue weighted by Gasteiger charge is 2.38. The number of fused-ring (bicyclic) bond motifs is 1. The maximum absolute atomic E-state index is 13.0. The minimum absolute atomic E-state index is 0.0506. The van der Waals surface area contributed by atoms with Gasteiger partial charge in [0.25, 0.3) is 5.91 Å². The molecule has 2 heterocycles. The quantitative estimate of drug-likeness (QED) is 0.726. The van der Waals surface area contributed by atoms with E-state index in [1.165, 1.54) is 0 Å². The number of aromatic nitrogens is 1. The molecule has 1 aliphatic heterocycles. The van der Waals surface area contributed by atoms with Crippen LogP contribution in [0.1, 0.15) is 34.7 Å². The third kappa shape index (κ3) is 3.24. The number of ether oxygens (including phenoxy) is 1. The van der Waals surface area contributed by atoms with Gasteiger partial charge in [-0.05, 0) is 62.4 Å². The van der Waals surface area contributed by atoms with Gasteiger partial charge in [-0.1, -0.05) is 17.7 Å². The predicted molar refractivity (Wildman–Crippen MR) is 106 cm³/mol. The van der Waals surface area contributed by atoms with Crippen molar-refractivity contribution in [3.8, 4) is 5.75 Å². The fourth-order valence-corrected chi connectivity index (χ4v) is 3.26. The second kappa shape index (κ2) is 7.11. The Kier molecular flexibility index (Phi) is 4.50. The number of carbonyl (C=O) groups is 1. The van der Waals surface area contributed by atoms with Crippen LogP contribution in [-0.4, -0.2) is 17.5 Å². The highest BCUT2D eigenvalue weighted by molar-refractivity contribution is 6.11. The maximum atomic E-state index is 13.0. The van der Waals surface area contributed by atoms with Gasteiger partial charge in [0.1, 0.15) is 5.75 Å². The third-order valence-electron chi connectivity index (χ3n) is 4.59. The number of anilines is 2. The fraction of sp³-hybridized carbons (Fsp3) is 0.182. The van der Waals surface area contributed by atoms with E-state index in [2.05, 4.69) is 10.3 Å². The Hall–Kier alpha value is -3.34. The van der Waals surface area contributed by atoms with Crippen molar-refractivity contribution in [1.82, 2.24) is 4.98 Å². The summed E-state index contributed by atoms with van der Waals surface area (Å²) in [4.78, 5) is 19.3. The molecule has 0 spiro atoms. The van der Waals surface area contributed by atoms with Crippen molar-refractivity contribution in [2.45, 2.75) is 20.0 Å². The molecule has 1 N–H and O–H groups in total. The van der Waals surface area contributed by atoms with Crippen molar-refractivity contribution in [1.29, 1.82) is 0 Å². The first-order valence-corrected chi connectivity index (χ1v) is 9.02. The second-order valence-electron chi connectivity index (χ2n) is 6.45. The van der Waals surface area contributed by atoms with Gasteiger partial charge >= 0.3 is 0 Å². The number of carbonyl (C=O) groups excluding carboxylic acids is 1. The number of amides is 1. The molecule has 5 nitrogen and oxygen atoms in total. The molecule has 1 aliphatic rings. The summed E-state index contributed by atoms with van der Waals surface area (Å²) in [7, 11) is 0. The lowest BCUT2D eigenvalue weighted by Crippen LogP contribution is -2.32. The fourth-order valence-electron chi connectivity index (χ4n) is 3.26. The number of benzene rings is 2. The van der Waals surface area contributed by atoms with E-state index in [4.69, 9.17) is 4.74 Å². The smallest absolute Gasteiger partial charge is 0.262 e. The van der Waals surface area contributed by atoms with Crippen molar-refractivity contribution < 1.29 is 9.53 Å². The Labute approximate surface area is 158 Å². The lowest BCUT2D eigenvalue weighted by Gasteiger charge is -2.26. The van der Waals surface area contributed by atoms with Crippen LogP contribution in [0, 0.1) is 6.92 Å². The molecule has 1 amide bonds. The van der Waals surface area contributed by atoms with Crippen LogP contribution < -0.4 is 15.0 Å². The summed E-state index contributed by atoms with van der Waals surface area (Å²) in [5.41, 5.74) is 4.24. The molecule has 0 unspecified atom stereocenters. The summed E-state index contributed by atoms with van der Waals surface area (Å²) in [6.45, 7) is 4.61. The molecule has 3 aromatic rings. The first-order valence-electron chi connectivity index (χ1n) is 9.02. The van der Waals surface area contributed by atoms with Crippen molar-refractivity contribution in [3.05, 3.63) is 83.7 Å². The summed E-state index contributed by atoms with van der Waals surface area (Å²) < 4.78 is 5.50. The molecule has 0 saturated carbocycles. The van der Waals surface area contributed by atoms with Crippen LogP contribution in [-0.2, 0) is 0 Å². The highest BCUT2D eigenvalue weighted by atomic mass is 16.5. The van der Waals surface area contributed by atoms with Crippen LogP contribution in [0.3, 0.4) is 0 Å². The van der Waals surface area contributed by atoms with Crippen LogP contribution in [0.4, 0.5) is 11.4 Å². The summed E-state index contributed by atoms with van der Waals surface area (Å²) in [6.07, 6.45) is 1.35. The average molecular weight is 359 g/mol. The lowest BCUT2D eigenvalue weighted by molar-refractivity contribution is 0.0993. The van der Waals surface area contributed by atoms with Gasteiger partial charge in [-0.2, -0.15) is 0 Å². The van der Waals surface area contributed by atoms with Crippen molar-refractivity contribution in [2.75, 3.05) is 16.8 Å². The van der Waals surface area contributed by atoms with Crippen LogP contribution >= 0.6 is 0 Å². The van der Waals surface area contributed by atoms with Crippen LogP contribution in [0.25, 0.3) is 0 Å². The maximum Gasteiger partial charge on any atom is 0.262 e. The summed E-state index contributed by atoms with van der Waals surface area (Å²) in [5, 5.41) is 3.45. The first-order chi connectivity index (χ1) is 13.2. The average Bonchev–Trinajstić information content (AvgIpc) is 2.97. The van der Waals surface area contributed by atoms with E-state index in [1.807, 2.05) is 68.4 Å². The standard InChI is InChI=1S/C22H21N3O2/c1-3-27-18-12-8-16(9-13-18)24-21-20-19(5-4-14-23-20)22(26)25(21)17-10-6-15(2)7-11-17/h4-14,21,24H,3H2,1-2H3/t21-/m1/s1. The number of nitrogens with zero attached hydrogens (tertiary/aromatic N) is 2. The van der Waals surface area contributed by atoms with E-state index in [1.54, 1.807) is 17.2 Å². The lowest BCUT2D eigenvalue weighted by atomic mass is 10.2. The summed E-state index contributed by atoms with van der Waals surface area (Å²) >= 11 is 0. The van der Waals surface area contributed by atoms with E-state index in [0.717, 1.165) is 28.4 Å². The molecule has 0 fully saturated rings. The molecule has 0 radical (unpaired) electrons. The first kappa shape index (κ1) is 17.1. The molecule has 4 rings (SSSR count). The molecule has 5 heteroatoms. The van der Waals surface area contributed by atoms with Gasteiger partial charge in [0, 0.05) is 17.6 Å². The Morgan fingerprint density at radius 1 is 1.07 bits per heavy atom. The van der Waals surface area contributed by atoms with E-state index < -0.39 is 0 Å². The number of hydrogen-bond acceptors (Lipinski definition) is 4. The van der Waals surface area contributed by atoms with Gasteiger partial charge < -0.3 is 10.1 Å². The van der Waals surface area contributed by atoms with Crippen LogP contribution in [0.5, 0.6) is 5.75 Å². The normalized spacial score (nSPS) is 15.6. The predicted octanol–water partition coefficient (Wildman–Crippen LogP) is 4.56. The van der Waals surface area contributed by atoms with Crippen LogP contribution in [0.15, 0.2) is 66.9 Å². The molecule has 0 bridgehead atoms. The van der Waals surface area contributed by atoms with Gasteiger partial charge in [0.05, 0.1) is 17.9 Å². The molecular formula is C22H21N3O2. The SMILES string of the molecule is CCOc1ccc(N[C@H]2c3ncccc3C(=O)N2c2ccc(C)cc2)cc1. The minimum Gasteiger partial charge on any atom is -0.494 e. The molecule has 0 saturated heterocycles. The van der Waals surface area contributed by atoms with Gasteiger partial charge in [-0.3, -0.25) is 14.7 Å². The Morgan fingerprint density at radius 2 is 1.81 bits per heavy atom. The second-order valence-corrected chi connectivity index (χ2v) is 6.45. The van der Waals surface area contributed by atoms with E-state index in [9.17, 15) is 4.79 Å².